The van der Waals surface area contributed by atoms with Crippen molar-refractivity contribution in [2.24, 2.45) is 0 Å². The number of fused-ring (bicyclic) bond motifs is 1. The summed E-state index contributed by atoms with van der Waals surface area (Å²) in [7, 11) is -3.76. The van der Waals surface area contributed by atoms with Gasteiger partial charge in [-0.1, -0.05) is 18.6 Å². The molecule has 0 atom stereocenters. The highest BCUT2D eigenvalue weighted by Crippen LogP contribution is 2.31. The number of para-hydroxylation sites is 1. The van der Waals surface area contributed by atoms with Crippen LogP contribution in [0.25, 0.3) is 5.69 Å². The number of carbonyl (C=O) groups excluding carboxylic acids is 1. The highest BCUT2D eigenvalue weighted by atomic mass is 32.2. The van der Waals surface area contributed by atoms with E-state index in [2.05, 4.69) is 10.4 Å². The number of hydrogen-bond acceptors (Lipinski definition) is 4. The minimum Gasteiger partial charge on any atom is -0.319 e. The summed E-state index contributed by atoms with van der Waals surface area (Å²) >= 11 is 0. The average Bonchev–Trinajstić information content (AvgIpc) is 3.45. The Labute approximate surface area is 196 Å². The second kappa shape index (κ2) is 8.92. The first-order valence-electron chi connectivity index (χ1n) is 11.3. The van der Waals surface area contributed by atoms with Crippen LogP contribution in [0.4, 0.5) is 14.5 Å². The SMILES string of the molecule is O=C(Nc1ccccc1S(=O)(=O)N1CCCCC1)c1nn(-c2ccc(F)c(F)c2)c2c1CCC2. The maximum absolute atomic E-state index is 13.8. The van der Waals surface area contributed by atoms with E-state index in [1.165, 1.54) is 21.1 Å². The summed E-state index contributed by atoms with van der Waals surface area (Å²) in [6, 6.07) is 9.81. The minimum atomic E-state index is -3.76. The van der Waals surface area contributed by atoms with Crippen LogP contribution in [-0.4, -0.2) is 41.5 Å². The van der Waals surface area contributed by atoms with E-state index in [4.69, 9.17) is 0 Å². The lowest BCUT2D eigenvalue weighted by Crippen LogP contribution is -2.36. The van der Waals surface area contributed by atoms with Gasteiger partial charge in [0.2, 0.25) is 10.0 Å². The third kappa shape index (κ3) is 4.01. The lowest BCUT2D eigenvalue weighted by Gasteiger charge is -2.26. The molecule has 178 valence electrons. The first-order valence-corrected chi connectivity index (χ1v) is 12.8. The predicted octanol–water partition coefficient (Wildman–Crippen LogP) is 4.07. The summed E-state index contributed by atoms with van der Waals surface area (Å²) in [6.45, 7) is 0.910. The van der Waals surface area contributed by atoms with Crippen molar-refractivity contribution in [3.05, 3.63) is 71.1 Å². The van der Waals surface area contributed by atoms with Gasteiger partial charge in [0.15, 0.2) is 17.3 Å². The maximum Gasteiger partial charge on any atom is 0.276 e. The van der Waals surface area contributed by atoms with Gasteiger partial charge < -0.3 is 5.32 Å². The largest absolute Gasteiger partial charge is 0.319 e. The number of rotatable bonds is 5. The summed E-state index contributed by atoms with van der Waals surface area (Å²) in [6.07, 6.45) is 4.68. The number of anilines is 1. The Morgan fingerprint density at radius 2 is 1.71 bits per heavy atom. The van der Waals surface area contributed by atoms with E-state index in [1.807, 2.05) is 0 Å². The van der Waals surface area contributed by atoms with Crippen molar-refractivity contribution in [2.75, 3.05) is 18.4 Å². The first kappa shape index (κ1) is 22.7. The molecule has 1 amide bonds. The van der Waals surface area contributed by atoms with Crippen LogP contribution in [0.2, 0.25) is 0 Å². The van der Waals surface area contributed by atoms with Crippen LogP contribution in [0.3, 0.4) is 0 Å². The quantitative estimate of drug-likeness (QED) is 0.589. The van der Waals surface area contributed by atoms with E-state index in [0.717, 1.165) is 49.1 Å². The van der Waals surface area contributed by atoms with E-state index < -0.39 is 27.6 Å². The Kier molecular flexibility index (Phi) is 5.95. The van der Waals surface area contributed by atoms with Gasteiger partial charge in [-0.2, -0.15) is 9.40 Å². The number of nitrogens with one attached hydrogen (secondary N) is 1. The number of hydrogen-bond donors (Lipinski definition) is 1. The molecule has 0 saturated carbocycles. The molecule has 1 aliphatic carbocycles. The number of piperidine rings is 1. The van der Waals surface area contributed by atoms with E-state index in [9.17, 15) is 22.0 Å². The van der Waals surface area contributed by atoms with Gasteiger partial charge in [0.25, 0.3) is 5.91 Å². The molecule has 2 aromatic carbocycles. The normalized spacial score (nSPS) is 16.4. The highest BCUT2D eigenvalue weighted by Gasteiger charge is 2.31. The Bertz CT molecular complexity index is 1360. The maximum atomic E-state index is 13.8. The third-order valence-electron chi connectivity index (χ3n) is 6.36. The molecule has 2 heterocycles. The second-order valence-corrected chi connectivity index (χ2v) is 10.5. The van der Waals surface area contributed by atoms with Gasteiger partial charge in [-0.3, -0.25) is 4.79 Å². The molecule has 7 nitrogen and oxygen atoms in total. The van der Waals surface area contributed by atoms with Crippen LogP contribution in [0, 0.1) is 11.6 Å². The summed E-state index contributed by atoms with van der Waals surface area (Å²) in [5.41, 5.74) is 2.17. The fourth-order valence-electron chi connectivity index (χ4n) is 4.67. The smallest absolute Gasteiger partial charge is 0.276 e. The van der Waals surface area contributed by atoms with E-state index in [1.54, 1.807) is 18.2 Å². The Morgan fingerprint density at radius 1 is 0.941 bits per heavy atom. The topological polar surface area (TPSA) is 84.3 Å². The zero-order valence-corrected chi connectivity index (χ0v) is 19.2. The lowest BCUT2D eigenvalue weighted by atomic mass is 10.2. The highest BCUT2D eigenvalue weighted by molar-refractivity contribution is 7.89. The molecular weight excluding hydrogens is 462 g/mol. The van der Waals surface area contributed by atoms with Gasteiger partial charge in [-0.25, -0.2) is 21.9 Å². The number of sulfonamides is 1. The molecule has 0 spiro atoms. The zero-order chi connectivity index (χ0) is 23.9. The monoisotopic (exact) mass is 486 g/mol. The van der Waals surface area contributed by atoms with Crippen molar-refractivity contribution >= 4 is 21.6 Å². The van der Waals surface area contributed by atoms with Crippen LogP contribution in [0.1, 0.15) is 47.4 Å². The first-order chi connectivity index (χ1) is 16.4. The molecule has 1 N–H and O–H groups in total. The van der Waals surface area contributed by atoms with Gasteiger partial charge in [0.05, 0.1) is 11.4 Å². The lowest BCUT2D eigenvalue weighted by molar-refractivity contribution is 0.102. The molecule has 1 saturated heterocycles. The van der Waals surface area contributed by atoms with Crippen molar-refractivity contribution in [1.82, 2.24) is 14.1 Å². The van der Waals surface area contributed by atoms with Crippen LogP contribution in [0.5, 0.6) is 0 Å². The minimum absolute atomic E-state index is 0.0435. The number of halogens is 2. The van der Waals surface area contributed by atoms with Crippen LogP contribution in [0.15, 0.2) is 47.4 Å². The number of aromatic nitrogens is 2. The van der Waals surface area contributed by atoms with Crippen molar-refractivity contribution in [3.8, 4) is 5.69 Å². The van der Waals surface area contributed by atoms with Crippen LogP contribution in [-0.2, 0) is 22.9 Å². The van der Waals surface area contributed by atoms with Crippen molar-refractivity contribution in [2.45, 2.75) is 43.4 Å². The van der Waals surface area contributed by atoms with E-state index in [-0.39, 0.29) is 16.3 Å². The van der Waals surface area contributed by atoms with Crippen molar-refractivity contribution in [1.29, 1.82) is 0 Å². The van der Waals surface area contributed by atoms with Gasteiger partial charge >= 0.3 is 0 Å². The van der Waals surface area contributed by atoms with E-state index >= 15 is 0 Å². The fraction of sp³-hybridized carbons (Fsp3) is 0.333. The number of benzene rings is 2. The molecule has 2 aliphatic rings. The molecule has 0 bridgehead atoms. The molecule has 3 aromatic rings. The van der Waals surface area contributed by atoms with Crippen molar-refractivity contribution in [3.63, 3.8) is 0 Å². The molecule has 1 fully saturated rings. The van der Waals surface area contributed by atoms with Gasteiger partial charge in [-0.15, -0.1) is 0 Å². The molecule has 0 unspecified atom stereocenters. The van der Waals surface area contributed by atoms with Gasteiger partial charge in [0, 0.05) is 30.4 Å². The Morgan fingerprint density at radius 3 is 2.47 bits per heavy atom. The second-order valence-electron chi connectivity index (χ2n) is 8.55. The van der Waals surface area contributed by atoms with Crippen LogP contribution < -0.4 is 5.32 Å². The molecular formula is C24H24F2N4O3S. The van der Waals surface area contributed by atoms with Crippen molar-refractivity contribution < 1.29 is 22.0 Å². The van der Waals surface area contributed by atoms with Gasteiger partial charge in [0.1, 0.15) is 4.90 Å². The molecule has 10 heteroatoms. The summed E-state index contributed by atoms with van der Waals surface area (Å²) in [4.78, 5) is 13.3. The average molecular weight is 487 g/mol. The fourth-order valence-corrected chi connectivity index (χ4v) is 6.34. The summed E-state index contributed by atoms with van der Waals surface area (Å²) in [5.74, 6) is -2.50. The molecule has 1 aromatic heterocycles. The molecule has 0 radical (unpaired) electrons. The Balaban J connectivity index is 1.48. The summed E-state index contributed by atoms with van der Waals surface area (Å²) in [5, 5.41) is 7.14. The van der Waals surface area contributed by atoms with E-state index in [0.29, 0.717) is 31.6 Å². The Hall–Kier alpha value is -3.11. The standard InChI is InChI=1S/C24H24F2N4O3S/c25-18-12-11-16(15-19(18)26)30-21-9-6-7-17(21)23(28-30)24(31)27-20-8-2-3-10-22(20)34(32,33)29-13-4-1-5-14-29/h2-3,8,10-12,15H,1,4-7,9,13-14H2,(H,27,31). The number of amides is 1. The summed E-state index contributed by atoms with van der Waals surface area (Å²) < 4.78 is 56.7. The molecule has 5 rings (SSSR count). The third-order valence-corrected chi connectivity index (χ3v) is 8.32. The van der Waals surface area contributed by atoms with Gasteiger partial charge in [-0.05, 0) is 56.4 Å². The van der Waals surface area contributed by atoms with Crippen LogP contribution >= 0.6 is 0 Å². The molecule has 34 heavy (non-hydrogen) atoms. The number of carbonyl (C=O) groups is 1. The molecule has 1 aliphatic heterocycles. The zero-order valence-electron chi connectivity index (χ0n) is 18.4. The predicted molar refractivity (Wildman–Crippen MR) is 123 cm³/mol. The number of nitrogens with zero attached hydrogens (tertiary/aromatic N) is 3.